The van der Waals surface area contributed by atoms with Crippen molar-refractivity contribution < 1.29 is 13.2 Å². The van der Waals surface area contributed by atoms with Gasteiger partial charge in [-0.15, -0.1) is 0 Å². The van der Waals surface area contributed by atoms with E-state index in [2.05, 4.69) is 5.32 Å². The van der Waals surface area contributed by atoms with Crippen molar-refractivity contribution >= 4 is 21.4 Å². The van der Waals surface area contributed by atoms with Gasteiger partial charge in [0.1, 0.15) is 0 Å². The summed E-state index contributed by atoms with van der Waals surface area (Å²) in [5, 5.41) is 2.72. The van der Waals surface area contributed by atoms with Crippen molar-refractivity contribution in [2.75, 3.05) is 5.32 Å². The molecule has 1 spiro atoms. The quantitative estimate of drug-likeness (QED) is 0.738. The molecule has 0 unspecified atom stereocenters. The predicted molar refractivity (Wildman–Crippen MR) is 59.0 cm³/mol. The number of benzene rings is 1. The Balaban J connectivity index is 2.35. The topological polar surface area (TPSA) is 63.2 Å². The summed E-state index contributed by atoms with van der Waals surface area (Å²) >= 11 is 0. The summed E-state index contributed by atoms with van der Waals surface area (Å²) in [4.78, 5) is 12.1. The molecule has 5 heteroatoms. The zero-order chi connectivity index (χ0) is 11.6. The fourth-order valence-electron chi connectivity index (χ4n) is 2.19. The van der Waals surface area contributed by atoms with Gasteiger partial charge >= 0.3 is 0 Å². The van der Waals surface area contributed by atoms with Crippen molar-refractivity contribution in [2.24, 2.45) is 0 Å². The molecule has 1 fully saturated rings. The van der Waals surface area contributed by atoms with E-state index in [0.29, 0.717) is 18.5 Å². The van der Waals surface area contributed by atoms with E-state index in [9.17, 15) is 13.2 Å². The van der Waals surface area contributed by atoms with Crippen LogP contribution in [0.2, 0.25) is 0 Å². The maximum atomic E-state index is 12.3. The van der Waals surface area contributed by atoms with Gasteiger partial charge in [0.15, 0.2) is 14.6 Å². The summed E-state index contributed by atoms with van der Waals surface area (Å²) < 4.78 is 23.4. The van der Waals surface area contributed by atoms with Gasteiger partial charge in [0.05, 0.1) is 10.6 Å². The Bertz CT molecular complexity index is 600. The number of hydrogen-bond acceptors (Lipinski definition) is 3. The van der Waals surface area contributed by atoms with Crippen molar-refractivity contribution in [1.82, 2.24) is 0 Å². The number of anilines is 1. The third-order valence-corrected chi connectivity index (χ3v) is 5.94. The molecule has 1 amide bonds. The summed E-state index contributed by atoms with van der Waals surface area (Å²) in [6.07, 6.45) is 0.878. The number of para-hydroxylation sites is 1. The van der Waals surface area contributed by atoms with Gasteiger partial charge in [0.25, 0.3) is 0 Å². The first-order chi connectivity index (χ1) is 7.49. The molecular formula is C11H11NO3S. The number of rotatable bonds is 0. The highest BCUT2D eigenvalue weighted by Crippen LogP contribution is 2.52. The van der Waals surface area contributed by atoms with Crippen molar-refractivity contribution in [3.63, 3.8) is 0 Å². The van der Waals surface area contributed by atoms with Crippen LogP contribution >= 0.6 is 0 Å². The van der Waals surface area contributed by atoms with E-state index in [1.54, 1.807) is 25.1 Å². The summed E-state index contributed by atoms with van der Waals surface area (Å²) in [5.74, 6) is -0.366. The van der Waals surface area contributed by atoms with Crippen LogP contribution in [0, 0.1) is 6.92 Å². The maximum absolute atomic E-state index is 12.3. The Kier molecular flexibility index (Phi) is 1.63. The highest BCUT2D eigenvalue weighted by Gasteiger charge is 2.63. The van der Waals surface area contributed by atoms with E-state index in [1.165, 1.54) is 0 Å². The van der Waals surface area contributed by atoms with Crippen LogP contribution < -0.4 is 5.32 Å². The molecule has 0 bridgehead atoms. The summed E-state index contributed by atoms with van der Waals surface area (Å²) in [5.41, 5.74) is 1.23. The van der Waals surface area contributed by atoms with Crippen LogP contribution in [0.1, 0.15) is 18.4 Å². The molecule has 1 aromatic carbocycles. The third-order valence-electron chi connectivity index (χ3n) is 3.39. The first-order valence-electron chi connectivity index (χ1n) is 5.15. The molecule has 1 N–H and O–H groups in total. The fraction of sp³-hybridized carbons (Fsp3) is 0.364. The van der Waals surface area contributed by atoms with Gasteiger partial charge in [-0.1, -0.05) is 12.1 Å². The molecule has 1 aliphatic heterocycles. The molecule has 0 atom stereocenters. The van der Waals surface area contributed by atoms with Crippen LogP contribution in [0.15, 0.2) is 23.1 Å². The number of aryl methyl sites for hydroxylation is 1. The molecule has 3 rings (SSSR count). The Morgan fingerprint density at radius 2 is 2.00 bits per heavy atom. The number of sulfone groups is 1. The lowest BCUT2D eigenvalue weighted by atomic mass is 10.2. The molecule has 0 saturated heterocycles. The van der Waals surface area contributed by atoms with Crippen LogP contribution in [0.3, 0.4) is 0 Å². The van der Waals surface area contributed by atoms with Gasteiger partial charge in [-0.2, -0.15) is 0 Å². The van der Waals surface area contributed by atoms with Gasteiger partial charge in [0, 0.05) is 0 Å². The number of hydrogen-bond donors (Lipinski definition) is 1. The Morgan fingerprint density at radius 3 is 2.62 bits per heavy atom. The largest absolute Gasteiger partial charge is 0.323 e. The van der Waals surface area contributed by atoms with Crippen molar-refractivity contribution in [2.45, 2.75) is 29.4 Å². The van der Waals surface area contributed by atoms with Gasteiger partial charge in [-0.05, 0) is 31.4 Å². The van der Waals surface area contributed by atoms with E-state index < -0.39 is 14.6 Å². The van der Waals surface area contributed by atoms with E-state index in [1.807, 2.05) is 0 Å². The zero-order valence-electron chi connectivity index (χ0n) is 8.78. The molecule has 1 heterocycles. The molecule has 1 aromatic rings. The minimum atomic E-state index is -3.49. The van der Waals surface area contributed by atoms with Gasteiger partial charge in [-0.25, -0.2) is 8.42 Å². The maximum Gasteiger partial charge on any atom is 0.246 e. The summed E-state index contributed by atoms with van der Waals surface area (Å²) in [7, 11) is -3.49. The van der Waals surface area contributed by atoms with E-state index in [4.69, 9.17) is 0 Å². The first kappa shape index (κ1) is 9.84. The fourth-order valence-corrected chi connectivity index (χ4v) is 4.29. The number of carbonyl (C=O) groups is 1. The smallest absolute Gasteiger partial charge is 0.246 e. The second-order valence-corrected chi connectivity index (χ2v) is 6.63. The molecule has 4 nitrogen and oxygen atoms in total. The Labute approximate surface area is 93.6 Å². The third kappa shape index (κ3) is 0.942. The lowest BCUT2D eigenvalue weighted by Gasteiger charge is -2.25. The monoisotopic (exact) mass is 237 g/mol. The predicted octanol–water partition coefficient (Wildman–Crippen LogP) is 1.25. The van der Waals surface area contributed by atoms with Crippen molar-refractivity contribution in [1.29, 1.82) is 0 Å². The molecule has 0 radical (unpaired) electrons. The van der Waals surface area contributed by atoms with Crippen LogP contribution in [0.5, 0.6) is 0 Å². The molecule has 16 heavy (non-hydrogen) atoms. The van der Waals surface area contributed by atoms with Crippen LogP contribution in [-0.4, -0.2) is 19.1 Å². The molecule has 2 aliphatic rings. The number of fused-ring (bicyclic) bond motifs is 1. The van der Waals surface area contributed by atoms with Gasteiger partial charge < -0.3 is 5.32 Å². The van der Waals surface area contributed by atoms with E-state index in [0.717, 1.165) is 5.56 Å². The second-order valence-electron chi connectivity index (χ2n) is 4.40. The Morgan fingerprint density at radius 1 is 1.31 bits per heavy atom. The highest BCUT2D eigenvalue weighted by molar-refractivity contribution is 7.94. The number of amides is 1. The minimum absolute atomic E-state index is 0.268. The highest BCUT2D eigenvalue weighted by atomic mass is 32.2. The van der Waals surface area contributed by atoms with Gasteiger partial charge in [0.2, 0.25) is 5.91 Å². The Hall–Kier alpha value is -1.36. The van der Waals surface area contributed by atoms with Crippen LogP contribution in [-0.2, 0) is 14.6 Å². The normalized spacial score (nSPS) is 23.7. The van der Waals surface area contributed by atoms with E-state index >= 15 is 0 Å². The molecule has 0 aromatic heterocycles. The SMILES string of the molecule is Cc1cccc2c1NC(=O)C1(CC1)S2(=O)=O. The standard InChI is InChI=1S/C11H11NO3S/c1-7-3-2-4-8-9(7)12-10(13)11(5-6-11)16(8,14)15/h2-4H,5-6H2,1H3,(H,12,13). The molecular weight excluding hydrogens is 226 g/mol. The lowest BCUT2D eigenvalue weighted by Crippen LogP contribution is -2.42. The zero-order valence-corrected chi connectivity index (χ0v) is 9.60. The summed E-state index contributed by atoms with van der Waals surface area (Å²) in [6.45, 7) is 1.79. The molecule has 84 valence electrons. The lowest BCUT2D eigenvalue weighted by molar-refractivity contribution is -0.116. The average molecular weight is 237 g/mol. The van der Waals surface area contributed by atoms with Gasteiger partial charge in [-0.3, -0.25) is 4.79 Å². The van der Waals surface area contributed by atoms with Crippen molar-refractivity contribution in [3.05, 3.63) is 23.8 Å². The average Bonchev–Trinajstić information content (AvgIpc) is 2.99. The number of carbonyl (C=O) groups excluding carboxylic acids is 1. The number of nitrogens with one attached hydrogen (secondary N) is 1. The first-order valence-corrected chi connectivity index (χ1v) is 6.63. The molecule has 1 aliphatic carbocycles. The van der Waals surface area contributed by atoms with Crippen LogP contribution in [0.25, 0.3) is 0 Å². The van der Waals surface area contributed by atoms with Crippen molar-refractivity contribution in [3.8, 4) is 0 Å². The summed E-state index contributed by atoms with van der Waals surface area (Å²) in [6, 6.07) is 5.07. The van der Waals surface area contributed by atoms with E-state index in [-0.39, 0.29) is 10.8 Å². The molecule has 1 saturated carbocycles. The second kappa shape index (κ2) is 2.66. The minimum Gasteiger partial charge on any atom is -0.323 e. The van der Waals surface area contributed by atoms with Crippen LogP contribution in [0.4, 0.5) is 5.69 Å².